The molecule has 1 unspecified atom stereocenters. The average molecular weight is 290 g/mol. The van der Waals surface area contributed by atoms with Crippen molar-refractivity contribution in [2.75, 3.05) is 6.61 Å². The Morgan fingerprint density at radius 1 is 0.950 bits per heavy atom. The van der Waals surface area contributed by atoms with Crippen molar-refractivity contribution in [3.8, 4) is 16.9 Å². The van der Waals surface area contributed by atoms with Gasteiger partial charge in [-0.15, -0.1) is 12.4 Å². The van der Waals surface area contributed by atoms with E-state index in [1.165, 1.54) is 24.0 Å². The second-order valence-electron chi connectivity index (χ2n) is 5.20. The van der Waals surface area contributed by atoms with Crippen LogP contribution in [0.1, 0.15) is 12.8 Å². The number of hydrogen-bond acceptors (Lipinski definition) is 2. The Labute approximate surface area is 126 Å². The van der Waals surface area contributed by atoms with Gasteiger partial charge in [0.25, 0.3) is 0 Å². The van der Waals surface area contributed by atoms with Crippen molar-refractivity contribution in [1.82, 2.24) is 0 Å². The molecule has 1 aliphatic carbocycles. The quantitative estimate of drug-likeness (QED) is 0.906. The first-order valence-electron chi connectivity index (χ1n) is 6.87. The van der Waals surface area contributed by atoms with Crippen molar-refractivity contribution in [1.29, 1.82) is 0 Å². The monoisotopic (exact) mass is 289 g/mol. The molecule has 0 aliphatic heterocycles. The van der Waals surface area contributed by atoms with Gasteiger partial charge in [-0.2, -0.15) is 0 Å². The van der Waals surface area contributed by atoms with Gasteiger partial charge in [0.2, 0.25) is 0 Å². The lowest BCUT2D eigenvalue weighted by atomic mass is 10.1. The summed E-state index contributed by atoms with van der Waals surface area (Å²) in [6, 6.07) is 18.7. The highest BCUT2D eigenvalue weighted by molar-refractivity contribution is 5.85. The van der Waals surface area contributed by atoms with Crippen LogP contribution < -0.4 is 10.5 Å². The summed E-state index contributed by atoms with van der Waals surface area (Å²) in [5.74, 6) is 1.58. The first-order valence-corrected chi connectivity index (χ1v) is 6.87. The molecule has 0 bridgehead atoms. The van der Waals surface area contributed by atoms with Gasteiger partial charge >= 0.3 is 0 Å². The van der Waals surface area contributed by atoms with Crippen molar-refractivity contribution in [2.45, 2.75) is 18.9 Å². The molecule has 1 aliphatic rings. The van der Waals surface area contributed by atoms with Gasteiger partial charge < -0.3 is 10.5 Å². The second-order valence-corrected chi connectivity index (χ2v) is 5.20. The molecule has 106 valence electrons. The molecule has 1 saturated carbocycles. The Kier molecular flexibility index (Phi) is 5.05. The molecule has 20 heavy (non-hydrogen) atoms. The van der Waals surface area contributed by atoms with Gasteiger partial charge in [0, 0.05) is 6.04 Å². The number of halogens is 1. The van der Waals surface area contributed by atoms with E-state index in [0.717, 1.165) is 5.75 Å². The van der Waals surface area contributed by atoms with E-state index in [2.05, 4.69) is 36.4 Å². The van der Waals surface area contributed by atoms with Crippen molar-refractivity contribution in [3.63, 3.8) is 0 Å². The van der Waals surface area contributed by atoms with Gasteiger partial charge in [-0.05, 0) is 42.0 Å². The maximum Gasteiger partial charge on any atom is 0.119 e. The summed E-state index contributed by atoms with van der Waals surface area (Å²) in [7, 11) is 0. The van der Waals surface area contributed by atoms with E-state index >= 15 is 0 Å². The Morgan fingerprint density at radius 3 is 2.15 bits per heavy atom. The number of rotatable bonds is 5. The predicted molar refractivity (Wildman–Crippen MR) is 85.3 cm³/mol. The summed E-state index contributed by atoms with van der Waals surface area (Å²) in [5, 5.41) is 0. The Balaban J connectivity index is 0.00000147. The highest BCUT2D eigenvalue weighted by atomic mass is 35.5. The van der Waals surface area contributed by atoms with E-state index in [4.69, 9.17) is 10.5 Å². The normalized spacial score (nSPS) is 15.2. The minimum absolute atomic E-state index is 0. The van der Waals surface area contributed by atoms with Gasteiger partial charge in [-0.3, -0.25) is 0 Å². The molecular weight excluding hydrogens is 270 g/mol. The molecule has 0 aromatic heterocycles. The minimum Gasteiger partial charge on any atom is -0.492 e. The average Bonchev–Trinajstić information content (AvgIpc) is 3.31. The van der Waals surface area contributed by atoms with E-state index in [0.29, 0.717) is 12.5 Å². The van der Waals surface area contributed by atoms with E-state index in [1.54, 1.807) is 0 Å². The first-order chi connectivity index (χ1) is 9.33. The van der Waals surface area contributed by atoms with Crippen LogP contribution in [0.2, 0.25) is 0 Å². The van der Waals surface area contributed by atoms with Crippen molar-refractivity contribution >= 4 is 12.4 Å². The zero-order valence-electron chi connectivity index (χ0n) is 11.4. The lowest BCUT2D eigenvalue weighted by Crippen LogP contribution is -2.29. The molecule has 0 amide bonds. The maximum atomic E-state index is 6.02. The smallest absolute Gasteiger partial charge is 0.119 e. The Morgan fingerprint density at radius 2 is 1.55 bits per heavy atom. The Bertz CT molecular complexity index is 522. The lowest BCUT2D eigenvalue weighted by molar-refractivity contribution is 0.276. The van der Waals surface area contributed by atoms with Crippen LogP contribution in [0.5, 0.6) is 5.75 Å². The van der Waals surface area contributed by atoms with Gasteiger partial charge in [0.05, 0.1) is 0 Å². The summed E-state index contributed by atoms with van der Waals surface area (Å²) < 4.78 is 5.73. The fourth-order valence-corrected chi connectivity index (χ4v) is 2.23. The topological polar surface area (TPSA) is 35.2 Å². The highest BCUT2D eigenvalue weighted by Gasteiger charge is 2.28. The van der Waals surface area contributed by atoms with Crippen LogP contribution in [-0.4, -0.2) is 12.6 Å². The van der Waals surface area contributed by atoms with Gasteiger partial charge in [0.15, 0.2) is 0 Å². The van der Waals surface area contributed by atoms with Gasteiger partial charge in [-0.1, -0.05) is 42.5 Å². The fraction of sp³-hybridized carbons (Fsp3) is 0.294. The molecule has 2 aromatic carbocycles. The molecular formula is C17H20ClNO. The fourth-order valence-electron chi connectivity index (χ4n) is 2.23. The predicted octanol–water partition coefficient (Wildman–Crippen LogP) is 3.89. The molecule has 2 N–H and O–H groups in total. The maximum absolute atomic E-state index is 6.02. The molecule has 2 nitrogen and oxygen atoms in total. The van der Waals surface area contributed by atoms with Crippen LogP contribution in [0.4, 0.5) is 0 Å². The standard InChI is InChI=1S/C17H19NO.ClH/c18-17(15-6-7-15)12-19-16-10-8-14(9-11-16)13-4-2-1-3-5-13;/h1-5,8-11,15,17H,6-7,12,18H2;1H. The molecule has 3 rings (SSSR count). The number of hydrogen-bond donors (Lipinski definition) is 1. The minimum atomic E-state index is 0. The molecule has 0 spiro atoms. The first kappa shape index (κ1) is 14.9. The zero-order valence-corrected chi connectivity index (χ0v) is 12.2. The van der Waals surface area contributed by atoms with Crippen LogP contribution >= 0.6 is 12.4 Å². The van der Waals surface area contributed by atoms with E-state index in [9.17, 15) is 0 Å². The SMILES string of the molecule is Cl.NC(COc1ccc(-c2ccccc2)cc1)C1CC1. The van der Waals surface area contributed by atoms with Crippen molar-refractivity contribution in [3.05, 3.63) is 54.6 Å². The second kappa shape index (κ2) is 6.78. The molecule has 3 heteroatoms. The van der Waals surface area contributed by atoms with Gasteiger partial charge in [0.1, 0.15) is 12.4 Å². The van der Waals surface area contributed by atoms with Crippen LogP contribution in [0.25, 0.3) is 11.1 Å². The van der Waals surface area contributed by atoms with Crippen molar-refractivity contribution in [2.24, 2.45) is 11.7 Å². The summed E-state index contributed by atoms with van der Waals surface area (Å²) in [6.45, 7) is 0.620. The van der Waals surface area contributed by atoms with E-state index < -0.39 is 0 Å². The number of ether oxygens (including phenoxy) is 1. The summed E-state index contributed by atoms with van der Waals surface area (Å²) in [4.78, 5) is 0. The third kappa shape index (κ3) is 3.75. The zero-order chi connectivity index (χ0) is 13.1. The molecule has 1 atom stereocenters. The van der Waals surface area contributed by atoms with Crippen molar-refractivity contribution < 1.29 is 4.74 Å². The molecule has 0 radical (unpaired) electrons. The highest BCUT2D eigenvalue weighted by Crippen LogP contribution is 2.31. The summed E-state index contributed by atoms with van der Waals surface area (Å²) >= 11 is 0. The van der Waals surface area contributed by atoms with Crippen LogP contribution in [0.15, 0.2) is 54.6 Å². The summed E-state index contributed by atoms with van der Waals surface area (Å²) in [6.07, 6.45) is 2.52. The van der Waals surface area contributed by atoms with Crippen LogP contribution in [0.3, 0.4) is 0 Å². The largest absolute Gasteiger partial charge is 0.492 e. The van der Waals surface area contributed by atoms with Gasteiger partial charge in [-0.25, -0.2) is 0 Å². The Hall–Kier alpha value is -1.51. The lowest BCUT2D eigenvalue weighted by Gasteiger charge is -2.12. The molecule has 0 saturated heterocycles. The summed E-state index contributed by atoms with van der Waals surface area (Å²) in [5.41, 5.74) is 8.46. The van der Waals surface area contributed by atoms with Crippen LogP contribution in [0, 0.1) is 5.92 Å². The third-order valence-corrected chi connectivity index (χ3v) is 3.63. The molecule has 0 heterocycles. The van der Waals surface area contributed by atoms with E-state index in [1.807, 2.05) is 18.2 Å². The third-order valence-electron chi connectivity index (χ3n) is 3.63. The number of benzene rings is 2. The van der Waals surface area contributed by atoms with E-state index in [-0.39, 0.29) is 18.4 Å². The molecule has 1 fully saturated rings. The molecule has 2 aromatic rings. The number of nitrogens with two attached hydrogens (primary N) is 1. The van der Waals surface area contributed by atoms with Crippen LogP contribution in [-0.2, 0) is 0 Å².